The molecular weight excluding hydrogens is 370 g/mol. The molecule has 1 aliphatic heterocycles. The number of carboxylic acids is 1. The Morgan fingerprint density at radius 1 is 1.08 bits per heavy atom. The van der Waals surface area contributed by atoms with Crippen LogP contribution >= 0.6 is 11.3 Å². The molecule has 5 nitrogen and oxygen atoms in total. The zero-order valence-electron chi connectivity index (χ0n) is 14.5. The van der Waals surface area contributed by atoms with Crippen LogP contribution in [0, 0.1) is 6.92 Å². The van der Waals surface area contributed by atoms with Crippen LogP contribution in [0.15, 0.2) is 40.6 Å². The average molecular weight is 392 g/mol. The van der Waals surface area contributed by atoms with Gasteiger partial charge in [-0.2, -0.15) is 4.31 Å². The number of carboxylic acid groups (broad SMARTS) is 1. The Morgan fingerprint density at radius 2 is 1.73 bits per heavy atom. The van der Waals surface area contributed by atoms with Gasteiger partial charge in [0.2, 0.25) is 0 Å². The number of benzene rings is 1. The third-order valence-corrected chi connectivity index (χ3v) is 7.86. The number of nitrogens with zero attached hydrogens (tertiary/aromatic N) is 1. The summed E-state index contributed by atoms with van der Waals surface area (Å²) in [4.78, 5) is 12.1. The number of piperidine rings is 1. The summed E-state index contributed by atoms with van der Waals surface area (Å²) in [6.07, 6.45) is 4.35. The van der Waals surface area contributed by atoms with Gasteiger partial charge in [-0.05, 0) is 43.5 Å². The molecule has 0 atom stereocenters. The van der Waals surface area contributed by atoms with Crippen molar-refractivity contribution in [2.45, 2.75) is 30.4 Å². The summed E-state index contributed by atoms with van der Waals surface area (Å²) in [7, 11) is -3.55. The Hall–Kier alpha value is -1.96. The van der Waals surface area contributed by atoms with E-state index in [1.807, 2.05) is 31.2 Å². The van der Waals surface area contributed by atoms with Gasteiger partial charge in [0.05, 0.1) is 5.57 Å². The van der Waals surface area contributed by atoms with Gasteiger partial charge in [-0.15, -0.1) is 11.3 Å². The van der Waals surface area contributed by atoms with E-state index in [2.05, 4.69) is 0 Å². The Morgan fingerprint density at radius 3 is 2.35 bits per heavy atom. The molecule has 1 aliphatic rings. The topological polar surface area (TPSA) is 74.7 Å². The monoisotopic (exact) mass is 391 g/mol. The second kappa shape index (κ2) is 7.73. The SMILES string of the molecule is Cc1ccc(/C=C(\C(=O)O)c2ccc(S(=O)(=O)N3CCCCC3)s2)cc1. The predicted octanol–water partition coefficient (Wildman–Crippen LogP) is 3.86. The van der Waals surface area contributed by atoms with Crippen molar-refractivity contribution in [3.05, 3.63) is 52.4 Å². The van der Waals surface area contributed by atoms with Gasteiger partial charge in [0, 0.05) is 18.0 Å². The molecule has 0 saturated carbocycles. The quantitative estimate of drug-likeness (QED) is 0.786. The van der Waals surface area contributed by atoms with Gasteiger partial charge in [0.15, 0.2) is 0 Å². The summed E-state index contributed by atoms with van der Waals surface area (Å²) in [6, 6.07) is 10.6. The highest BCUT2D eigenvalue weighted by molar-refractivity contribution is 7.91. The minimum atomic E-state index is -3.55. The van der Waals surface area contributed by atoms with Crippen LogP contribution in [0.1, 0.15) is 35.3 Å². The molecule has 0 amide bonds. The smallest absolute Gasteiger partial charge is 0.337 e. The van der Waals surface area contributed by atoms with Crippen molar-refractivity contribution in [2.24, 2.45) is 0 Å². The molecule has 1 aromatic heterocycles. The summed E-state index contributed by atoms with van der Waals surface area (Å²) >= 11 is 1.01. The maximum atomic E-state index is 12.8. The molecule has 0 unspecified atom stereocenters. The molecule has 1 N–H and O–H groups in total. The molecule has 0 radical (unpaired) electrons. The summed E-state index contributed by atoms with van der Waals surface area (Å²) < 4.78 is 27.2. The van der Waals surface area contributed by atoms with Gasteiger partial charge >= 0.3 is 5.97 Å². The van der Waals surface area contributed by atoms with Crippen molar-refractivity contribution in [2.75, 3.05) is 13.1 Å². The van der Waals surface area contributed by atoms with Gasteiger partial charge in [0.1, 0.15) is 4.21 Å². The summed E-state index contributed by atoms with van der Waals surface area (Å²) in [5, 5.41) is 9.58. The highest BCUT2D eigenvalue weighted by atomic mass is 32.2. The third-order valence-electron chi connectivity index (χ3n) is 4.37. The minimum Gasteiger partial charge on any atom is -0.478 e. The number of hydrogen-bond acceptors (Lipinski definition) is 4. The van der Waals surface area contributed by atoms with Crippen LogP contribution < -0.4 is 0 Å². The van der Waals surface area contributed by atoms with E-state index in [9.17, 15) is 18.3 Å². The zero-order chi connectivity index (χ0) is 18.7. The van der Waals surface area contributed by atoms with Crippen LogP contribution in [0.2, 0.25) is 0 Å². The number of rotatable bonds is 5. The number of hydrogen-bond donors (Lipinski definition) is 1. The number of thiophene rings is 1. The third kappa shape index (κ3) is 4.06. The van der Waals surface area contributed by atoms with E-state index in [1.54, 1.807) is 12.1 Å². The lowest BCUT2D eigenvalue weighted by Gasteiger charge is -2.25. The van der Waals surface area contributed by atoms with E-state index in [0.717, 1.165) is 41.7 Å². The lowest BCUT2D eigenvalue weighted by Crippen LogP contribution is -2.35. The van der Waals surface area contributed by atoms with Crippen molar-refractivity contribution in [3.8, 4) is 0 Å². The maximum Gasteiger partial charge on any atom is 0.337 e. The Bertz CT molecular complexity index is 921. The van der Waals surface area contributed by atoms with Crippen LogP contribution in [0.5, 0.6) is 0 Å². The van der Waals surface area contributed by atoms with E-state index in [0.29, 0.717) is 18.0 Å². The first kappa shape index (κ1) is 18.8. The highest BCUT2D eigenvalue weighted by Crippen LogP contribution is 2.32. The van der Waals surface area contributed by atoms with Gasteiger partial charge in [0.25, 0.3) is 10.0 Å². The van der Waals surface area contributed by atoms with Gasteiger partial charge in [-0.1, -0.05) is 36.2 Å². The van der Waals surface area contributed by atoms with Gasteiger partial charge in [-0.3, -0.25) is 0 Å². The summed E-state index contributed by atoms with van der Waals surface area (Å²) in [6.45, 7) is 3.02. The molecule has 1 aromatic carbocycles. The van der Waals surface area contributed by atoms with E-state index in [1.165, 1.54) is 10.4 Å². The standard InChI is InChI=1S/C19H21NO4S2/c1-14-5-7-15(8-6-14)13-16(19(21)22)17-9-10-18(25-17)26(23,24)20-11-3-2-4-12-20/h5-10,13H,2-4,11-12H2,1H3,(H,21,22)/b16-13-. The Balaban J connectivity index is 1.93. The summed E-state index contributed by atoms with van der Waals surface area (Å²) in [5.41, 5.74) is 1.95. The fourth-order valence-corrected chi connectivity index (χ4v) is 5.89. The first-order chi connectivity index (χ1) is 12.4. The molecule has 0 aliphatic carbocycles. The molecular formula is C19H21NO4S2. The predicted molar refractivity (Wildman–Crippen MR) is 104 cm³/mol. The van der Waals surface area contributed by atoms with E-state index >= 15 is 0 Å². The van der Waals surface area contributed by atoms with Gasteiger partial charge in [-0.25, -0.2) is 13.2 Å². The van der Waals surface area contributed by atoms with Crippen molar-refractivity contribution < 1.29 is 18.3 Å². The first-order valence-corrected chi connectivity index (χ1v) is 10.8. The maximum absolute atomic E-state index is 12.8. The molecule has 1 fully saturated rings. The largest absolute Gasteiger partial charge is 0.478 e. The van der Waals surface area contributed by atoms with E-state index < -0.39 is 16.0 Å². The summed E-state index contributed by atoms with van der Waals surface area (Å²) in [5.74, 6) is -1.07. The van der Waals surface area contributed by atoms with Crippen LogP contribution in [0.3, 0.4) is 0 Å². The number of carbonyl (C=O) groups is 1. The Labute approximate surface area is 157 Å². The van der Waals surface area contributed by atoms with Crippen molar-refractivity contribution >= 4 is 39.0 Å². The molecule has 138 valence electrons. The fourth-order valence-electron chi connectivity index (χ4n) is 2.90. The van der Waals surface area contributed by atoms with E-state index in [4.69, 9.17) is 0 Å². The van der Waals surface area contributed by atoms with Crippen molar-refractivity contribution in [1.29, 1.82) is 0 Å². The molecule has 3 rings (SSSR count). The lowest BCUT2D eigenvalue weighted by molar-refractivity contribution is -0.130. The molecule has 2 aromatic rings. The molecule has 1 saturated heterocycles. The molecule has 0 spiro atoms. The number of sulfonamides is 1. The van der Waals surface area contributed by atoms with Crippen LogP contribution in [-0.4, -0.2) is 36.9 Å². The van der Waals surface area contributed by atoms with Crippen LogP contribution in [0.25, 0.3) is 11.6 Å². The second-order valence-corrected chi connectivity index (χ2v) is 9.61. The van der Waals surface area contributed by atoms with Crippen LogP contribution in [-0.2, 0) is 14.8 Å². The first-order valence-electron chi connectivity index (χ1n) is 8.50. The Kier molecular flexibility index (Phi) is 5.60. The normalized spacial score (nSPS) is 16.6. The zero-order valence-corrected chi connectivity index (χ0v) is 16.1. The highest BCUT2D eigenvalue weighted by Gasteiger charge is 2.28. The second-order valence-electron chi connectivity index (χ2n) is 6.36. The molecule has 26 heavy (non-hydrogen) atoms. The van der Waals surface area contributed by atoms with Gasteiger partial charge < -0.3 is 5.11 Å². The minimum absolute atomic E-state index is 0.0962. The lowest BCUT2D eigenvalue weighted by atomic mass is 10.1. The average Bonchev–Trinajstić information content (AvgIpc) is 3.12. The van der Waals surface area contributed by atoms with Crippen molar-refractivity contribution in [3.63, 3.8) is 0 Å². The van der Waals surface area contributed by atoms with E-state index in [-0.39, 0.29) is 9.78 Å². The van der Waals surface area contributed by atoms with Crippen molar-refractivity contribution in [1.82, 2.24) is 4.31 Å². The molecule has 2 heterocycles. The molecule has 0 bridgehead atoms. The fraction of sp³-hybridized carbons (Fsp3) is 0.316. The van der Waals surface area contributed by atoms with Crippen LogP contribution in [0.4, 0.5) is 0 Å². The number of aryl methyl sites for hydroxylation is 1. The number of aliphatic carboxylic acids is 1. The molecule has 7 heteroatoms.